The third kappa shape index (κ3) is 3.34. The molecule has 0 aliphatic heterocycles. The van der Waals surface area contributed by atoms with Crippen molar-refractivity contribution in [1.82, 2.24) is 5.32 Å². The maximum absolute atomic E-state index is 12.6. The third-order valence-corrected chi connectivity index (χ3v) is 4.94. The summed E-state index contributed by atoms with van der Waals surface area (Å²) in [6.45, 7) is 4.17. The van der Waals surface area contributed by atoms with E-state index in [1.165, 1.54) is 19.3 Å². The van der Waals surface area contributed by atoms with Gasteiger partial charge in [-0.3, -0.25) is 4.79 Å². The van der Waals surface area contributed by atoms with Crippen molar-refractivity contribution < 1.29 is 14.3 Å². The molecule has 0 saturated heterocycles. The van der Waals surface area contributed by atoms with Gasteiger partial charge in [0.25, 0.3) is 5.91 Å². The van der Waals surface area contributed by atoms with E-state index in [2.05, 4.69) is 35.1 Å². The second-order valence-corrected chi connectivity index (χ2v) is 6.85. The summed E-state index contributed by atoms with van der Waals surface area (Å²) in [4.78, 5) is 12.6. The van der Waals surface area contributed by atoms with Crippen LogP contribution in [0.25, 0.3) is 0 Å². The Morgan fingerprint density at radius 2 is 1.81 bits per heavy atom. The summed E-state index contributed by atoms with van der Waals surface area (Å²) in [6, 6.07) is 3.46. The van der Waals surface area contributed by atoms with Gasteiger partial charge in [-0.2, -0.15) is 0 Å². The van der Waals surface area contributed by atoms with Gasteiger partial charge in [0.05, 0.1) is 19.8 Å². The Bertz CT molecular complexity index is 539. The first-order valence-corrected chi connectivity index (χ1v) is 7.92. The number of nitrogens with one attached hydrogen (secondary N) is 1. The molecule has 0 heterocycles. The van der Waals surface area contributed by atoms with Gasteiger partial charge in [-0.05, 0) is 60.7 Å². The summed E-state index contributed by atoms with van der Waals surface area (Å²) in [5.74, 6) is 1.60. The first-order valence-electron chi connectivity index (χ1n) is 7.13. The van der Waals surface area contributed by atoms with Gasteiger partial charge in [-0.1, -0.05) is 6.42 Å². The molecule has 0 bridgehead atoms. The maximum Gasteiger partial charge on any atom is 0.252 e. The lowest BCUT2D eigenvalue weighted by atomic mass is 9.72. The predicted octanol–water partition coefficient (Wildman–Crippen LogP) is 3.77. The predicted molar refractivity (Wildman–Crippen MR) is 86.1 cm³/mol. The zero-order valence-electron chi connectivity index (χ0n) is 13.0. The molecule has 1 saturated carbocycles. The van der Waals surface area contributed by atoms with E-state index >= 15 is 0 Å². The second kappa shape index (κ2) is 6.26. The molecule has 1 N–H and O–H groups in total. The van der Waals surface area contributed by atoms with Crippen molar-refractivity contribution in [1.29, 1.82) is 0 Å². The smallest absolute Gasteiger partial charge is 0.252 e. The largest absolute Gasteiger partial charge is 0.493 e. The Morgan fingerprint density at radius 1 is 1.24 bits per heavy atom. The number of benzene rings is 1. The van der Waals surface area contributed by atoms with Crippen LogP contribution in [0, 0.1) is 5.92 Å². The van der Waals surface area contributed by atoms with E-state index in [9.17, 15) is 4.79 Å². The summed E-state index contributed by atoms with van der Waals surface area (Å²) in [5.41, 5.74) is 0.363. The van der Waals surface area contributed by atoms with Crippen molar-refractivity contribution in [2.45, 2.75) is 38.6 Å². The van der Waals surface area contributed by atoms with Gasteiger partial charge < -0.3 is 14.8 Å². The molecule has 1 aliphatic carbocycles. The molecule has 0 radical (unpaired) electrons. The molecule has 116 valence electrons. The summed E-state index contributed by atoms with van der Waals surface area (Å²) in [5, 5.41) is 3.14. The molecule has 0 atom stereocenters. The van der Waals surface area contributed by atoms with Gasteiger partial charge in [-0.25, -0.2) is 0 Å². The number of amides is 1. The number of hydrogen-bond acceptors (Lipinski definition) is 3. The van der Waals surface area contributed by atoms with E-state index in [0.717, 1.165) is 0 Å². The first kappa shape index (κ1) is 16.1. The van der Waals surface area contributed by atoms with Crippen LogP contribution in [0.4, 0.5) is 0 Å². The Hall–Kier alpha value is -1.23. The lowest BCUT2D eigenvalue weighted by Gasteiger charge is -2.41. The molecular formula is C16H22BrNO3. The quantitative estimate of drug-likeness (QED) is 0.874. The van der Waals surface area contributed by atoms with Gasteiger partial charge in [0.2, 0.25) is 0 Å². The average molecular weight is 356 g/mol. The highest BCUT2D eigenvalue weighted by molar-refractivity contribution is 9.10. The highest BCUT2D eigenvalue weighted by atomic mass is 79.9. The fourth-order valence-electron chi connectivity index (χ4n) is 2.62. The van der Waals surface area contributed by atoms with Crippen LogP contribution in [0.5, 0.6) is 11.5 Å². The van der Waals surface area contributed by atoms with Crippen LogP contribution in [-0.2, 0) is 0 Å². The minimum atomic E-state index is -0.193. The standard InChI is InChI=1S/C16H22BrNO3/c1-16(2,10-6-5-7-10)18-15(19)11-8-13(20-3)14(21-4)9-12(11)17/h8-10H,5-7H2,1-4H3,(H,18,19). The summed E-state index contributed by atoms with van der Waals surface area (Å²) < 4.78 is 11.2. The van der Waals surface area contributed by atoms with Crippen LogP contribution in [0.15, 0.2) is 16.6 Å². The molecule has 2 rings (SSSR count). The topological polar surface area (TPSA) is 47.6 Å². The van der Waals surface area contributed by atoms with Crippen molar-refractivity contribution in [2.75, 3.05) is 14.2 Å². The minimum Gasteiger partial charge on any atom is -0.493 e. The molecule has 1 amide bonds. The van der Waals surface area contributed by atoms with E-state index in [1.54, 1.807) is 26.4 Å². The van der Waals surface area contributed by atoms with E-state index in [1.807, 2.05) is 0 Å². The number of carbonyl (C=O) groups is 1. The van der Waals surface area contributed by atoms with E-state index in [4.69, 9.17) is 9.47 Å². The zero-order chi connectivity index (χ0) is 15.6. The lowest BCUT2D eigenvalue weighted by Crippen LogP contribution is -2.51. The molecule has 1 fully saturated rings. The summed E-state index contributed by atoms with van der Waals surface area (Å²) >= 11 is 3.43. The Kier molecular flexibility index (Phi) is 4.81. The Balaban J connectivity index is 2.22. The number of hydrogen-bond donors (Lipinski definition) is 1. The van der Waals surface area contributed by atoms with Crippen molar-refractivity contribution in [3.05, 3.63) is 22.2 Å². The molecule has 0 unspecified atom stereocenters. The Labute approximate surface area is 134 Å². The molecule has 0 spiro atoms. The monoisotopic (exact) mass is 355 g/mol. The van der Waals surface area contributed by atoms with Crippen molar-refractivity contribution >= 4 is 21.8 Å². The second-order valence-electron chi connectivity index (χ2n) is 5.99. The molecule has 4 nitrogen and oxygen atoms in total. The van der Waals surface area contributed by atoms with Gasteiger partial charge in [0.1, 0.15) is 0 Å². The molecule has 21 heavy (non-hydrogen) atoms. The van der Waals surface area contributed by atoms with Crippen LogP contribution in [0.3, 0.4) is 0 Å². The molecule has 1 aliphatic rings. The van der Waals surface area contributed by atoms with Crippen LogP contribution in [0.2, 0.25) is 0 Å². The highest BCUT2D eigenvalue weighted by Gasteiger charge is 2.35. The van der Waals surface area contributed by atoms with Crippen molar-refractivity contribution in [2.24, 2.45) is 5.92 Å². The SMILES string of the molecule is COc1cc(Br)c(C(=O)NC(C)(C)C2CCC2)cc1OC. The number of ether oxygens (including phenoxy) is 2. The maximum atomic E-state index is 12.6. The van der Waals surface area contributed by atoms with E-state index in [0.29, 0.717) is 27.5 Å². The van der Waals surface area contributed by atoms with Gasteiger partial charge in [0.15, 0.2) is 11.5 Å². The lowest BCUT2D eigenvalue weighted by molar-refractivity contribution is 0.0825. The minimum absolute atomic E-state index is 0.0975. The summed E-state index contributed by atoms with van der Waals surface area (Å²) in [6.07, 6.45) is 3.62. The number of halogens is 1. The van der Waals surface area contributed by atoms with Crippen LogP contribution < -0.4 is 14.8 Å². The number of rotatable bonds is 5. The average Bonchev–Trinajstić information content (AvgIpc) is 2.34. The van der Waals surface area contributed by atoms with Crippen molar-refractivity contribution in [3.63, 3.8) is 0 Å². The molecule has 1 aromatic carbocycles. The van der Waals surface area contributed by atoms with Crippen LogP contribution >= 0.6 is 15.9 Å². The highest BCUT2D eigenvalue weighted by Crippen LogP contribution is 2.37. The van der Waals surface area contributed by atoms with Gasteiger partial charge >= 0.3 is 0 Å². The van der Waals surface area contributed by atoms with Crippen molar-refractivity contribution in [3.8, 4) is 11.5 Å². The van der Waals surface area contributed by atoms with E-state index < -0.39 is 0 Å². The number of methoxy groups -OCH3 is 2. The fraction of sp³-hybridized carbons (Fsp3) is 0.562. The molecule has 1 aromatic rings. The van der Waals surface area contributed by atoms with E-state index in [-0.39, 0.29) is 11.4 Å². The van der Waals surface area contributed by atoms with Crippen LogP contribution in [-0.4, -0.2) is 25.7 Å². The molecule has 5 heteroatoms. The normalized spacial score (nSPS) is 15.3. The fourth-order valence-corrected chi connectivity index (χ4v) is 3.12. The van der Waals surface area contributed by atoms with Crippen LogP contribution in [0.1, 0.15) is 43.5 Å². The molecular weight excluding hydrogens is 334 g/mol. The number of carbonyl (C=O) groups excluding carboxylic acids is 1. The summed E-state index contributed by atoms with van der Waals surface area (Å²) in [7, 11) is 3.13. The van der Waals surface area contributed by atoms with Gasteiger partial charge in [-0.15, -0.1) is 0 Å². The third-order valence-electron chi connectivity index (χ3n) is 4.28. The Morgan fingerprint density at radius 3 is 2.29 bits per heavy atom. The molecule has 0 aromatic heterocycles. The van der Waals surface area contributed by atoms with Gasteiger partial charge in [0, 0.05) is 10.0 Å². The first-order chi connectivity index (χ1) is 9.89. The zero-order valence-corrected chi connectivity index (χ0v) is 14.5.